The topological polar surface area (TPSA) is 86.6 Å². The number of hydrogen-bond acceptors (Lipinski definition) is 7. The van der Waals surface area contributed by atoms with Crippen LogP contribution in [0.5, 0.6) is 0 Å². The summed E-state index contributed by atoms with van der Waals surface area (Å²) in [6.07, 6.45) is -18.4. The van der Waals surface area contributed by atoms with Crippen LogP contribution in [0, 0.1) is 0 Å². The van der Waals surface area contributed by atoms with Crippen molar-refractivity contribution in [3.8, 4) is 0 Å². The molecule has 0 heterocycles. The summed E-state index contributed by atoms with van der Waals surface area (Å²) in [6.45, 7) is 4.87. The zero-order valence-electron chi connectivity index (χ0n) is 16.0. The summed E-state index contributed by atoms with van der Waals surface area (Å²) in [7, 11) is 3.30. The number of aliphatic hydroxyl groups is 2. The van der Waals surface area contributed by atoms with E-state index in [-0.39, 0.29) is 22.4 Å². The number of aliphatic hydroxyl groups excluding tert-OH is 2. The monoisotopic (exact) mass is 541 g/mol. The molecule has 2 atom stereocenters. The second-order valence-electron chi connectivity index (χ2n) is 5.17. The van der Waals surface area contributed by atoms with Crippen molar-refractivity contribution in [1.82, 2.24) is 0 Å². The van der Waals surface area contributed by atoms with Crippen molar-refractivity contribution in [2.24, 2.45) is 0 Å². The number of halogens is 6. The molecule has 0 aromatic rings. The molecule has 0 aromatic carbocycles. The van der Waals surface area contributed by atoms with Crippen molar-refractivity contribution < 1.29 is 82.6 Å². The maximum Gasteiger partial charge on any atom is 0.414 e. The molecule has 0 saturated carbocycles. The van der Waals surface area contributed by atoms with Crippen molar-refractivity contribution in [1.29, 1.82) is 0 Å². The fourth-order valence-electron chi connectivity index (χ4n) is 1.31. The van der Waals surface area contributed by atoms with Crippen LogP contribution in [0.2, 0.25) is 0 Å². The summed E-state index contributed by atoms with van der Waals surface area (Å²) in [5.74, 6) is 0. The first-order chi connectivity index (χ1) is 13.0. The standard InChI is InChI=1S/C10H22O5.C5H6F6O2.Ag/c1-11-3-5-13-7-9-15-10-8-14-6-4-12-2;6-4(7,8)2(12)1-3(13)5(9,10)11;/h3-10H2,1-2H3;2-3,12-13H,1H2;. The molecule has 2 unspecified atom stereocenters. The number of alkyl halides is 6. The van der Waals surface area contributed by atoms with E-state index in [2.05, 4.69) is 0 Å². The predicted molar refractivity (Wildman–Crippen MR) is 84.9 cm³/mol. The van der Waals surface area contributed by atoms with E-state index in [0.717, 1.165) is 0 Å². The van der Waals surface area contributed by atoms with Gasteiger partial charge in [0.05, 0.1) is 52.9 Å². The van der Waals surface area contributed by atoms with Crippen molar-refractivity contribution in [3.63, 3.8) is 0 Å². The summed E-state index contributed by atoms with van der Waals surface area (Å²) in [6, 6.07) is 0. The maximum atomic E-state index is 11.5. The minimum atomic E-state index is -5.15. The predicted octanol–water partition coefficient (Wildman–Crippen LogP) is 1.55. The molecule has 0 saturated heterocycles. The molecule has 0 aliphatic carbocycles. The van der Waals surface area contributed by atoms with Gasteiger partial charge in [-0.25, -0.2) is 0 Å². The third-order valence-corrected chi connectivity index (χ3v) is 2.81. The van der Waals surface area contributed by atoms with Gasteiger partial charge in [0.25, 0.3) is 0 Å². The Kier molecular flexibility index (Phi) is 23.2. The summed E-state index contributed by atoms with van der Waals surface area (Å²) < 4.78 is 94.1. The van der Waals surface area contributed by atoms with Crippen molar-refractivity contribution in [3.05, 3.63) is 0 Å². The van der Waals surface area contributed by atoms with E-state index in [1.165, 1.54) is 0 Å². The fourth-order valence-corrected chi connectivity index (χ4v) is 1.31. The zero-order chi connectivity index (χ0) is 22.1. The first-order valence-electron chi connectivity index (χ1n) is 8.17. The molecular weight excluding hydrogens is 514 g/mol. The number of ether oxygens (including phenoxy) is 5. The Balaban J connectivity index is -0.000000455. The maximum absolute atomic E-state index is 11.5. The van der Waals surface area contributed by atoms with Crippen LogP contribution < -0.4 is 0 Å². The summed E-state index contributed by atoms with van der Waals surface area (Å²) in [4.78, 5) is 0. The molecule has 0 spiro atoms. The molecular formula is C15H28AgF6O7. The number of methoxy groups -OCH3 is 2. The molecule has 7 nitrogen and oxygen atoms in total. The molecule has 29 heavy (non-hydrogen) atoms. The minimum absolute atomic E-state index is 0. The van der Waals surface area contributed by atoms with Crippen LogP contribution in [0.3, 0.4) is 0 Å². The van der Waals surface area contributed by atoms with Gasteiger partial charge in [-0.15, -0.1) is 0 Å². The van der Waals surface area contributed by atoms with Gasteiger partial charge < -0.3 is 33.9 Å². The van der Waals surface area contributed by atoms with Crippen LogP contribution in [-0.4, -0.2) is 102 Å². The summed E-state index contributed by atoms with van der Waals surface area (Å²) in [5, 5.41) is 16.3. The molecule has 14 heteroatoms. The normalized spacial score (nSPS) is 13.9. The van der Waals surface area contributed by atoms with Gasteiger partial charge in [-0.05, 0) is 0 Å². The first-order valence-corrected chi connectivity index (χ1v) is 8.17. The number of hydrogen-bond donors (Lipinski definition) is 2. The fraction of sp³-hybridized carbons (Fsp3) is 1.00. The molecule has 0 bridgehead atoms. The third-order valence-electron chi connectivity index (χ3n) is 2.81. The van der Waals surface area contributed by atoms with Gasteiger partial charge >= 0.3 is 12.4 Å². The van der Waals surface area contributed by atoms with E-state index in [1.807, 2.05) is 0 Å². The van der Waals surface area contributed by atoms with E-state index in [0.29, 0.717) is 52.9 Å². The Labute approximate surface area is 181 Å². The van der Waals surface area contributed by atoms with E-state index >= 15 is 0 Å². The summed E-state index contributed by atoms with van der Waals surface area (Å²) in [5.41, 5.74) is 0. The quantitative estimate of drug-likeness (QED) is 0.196. The minimum Gasteiger partial charge on any atom is -0.384 e. The molecule has 0 aliphatic heterocycles. The smallest absolute Gasteiger partial charge is 0.384 e. The average molecular weight is 542 g/mol. The van der Waals surface area contributed by atoms with Gasteiger partial charge in [-0.3, -0.25) is 0 Å². The van der Waals surface area contributed by atoms with Crippen molar-refractivity contribution in [2.75, 3.05) is 67.1 Å². The van der Waals surface area contributed by atoms with Crippen LogP contribution in [0.15, 0.2) is 0 Å². The molecule has 2 N–H and O–H groups in total. The van der Waals surface area contributed by atoms with Crippen LogP contribution in [-0.2, 0) is 46.1 Å². The first kappa shape index (κ1) is 33.7. The van der Waals surface area contributed by atoms with E-state index < -0.39 is 31.0 Å². The second-order valence-corrected chi connectivity index (χ2v) is 5.17. The molecule has 183 valence electrons. The van der Waals surface area contributed by atoms with Gasteiger partial charge in [0.15, 0.2) is 12.2 Å². The SMILES string of the molecule is COCCOCCOCCOCCOC.OC(CC(O)C(F)(F)F)C(F)(F)F.[Ag]. The Bertz CT molecular complexity index is 318. The van der Waals surface area contributed by atoms with E-state index in [1.54, 1.807) is 14.2 Å². The molecule has 1 radical (unpaired) electrons. The zero-order valence-corrected chi connectivity index (χ0v) is 17.5. The van der Waals surface area contributed by atoms with Gasteiger partial charge in [0.1, 0.15) is 0 Å². The largest absolute Gasteiger partial charge is 0.414 e. The van der Waals surface area contributed by atoms with Crippen LogP contribution in [0.25, 0.3) is 0 Å². The van der Waals surface area contributed by atoms with E-state index in [9.17, 15) is 26.3 Å². The molecule has 0 amide bonds. The van der Waals surface area contributed by atoms with Gasteiger partial charge in [-0.2, -0.15) is 26.3 Å². The molecule has 0 rings (SSSR count). The molecule has 0 aliphatic rings. The van der Waals surface area contributed by atoms with Gasteiger partial charge in [-0.1, -0.05) is 0 Å². The van der Waals surface area contributed by atoms with Crippen LogP contribution in [0.1, 0.15) is 6.42 Å². The Morgan fingerprint density at radius 2 is 0.828 bits per heavy atom. The van der Waals surface area contributed by atoms with Gasteiger partial charge in [0.2, 0.25) is 0 Å². The van der Waals surface area contributed by atoms with E-state index in [4.69, 9.17) is 33.9 Å². The van der Waals surface area contributed by atoms with Crippen LogP contribution in [0.4, 0.5) is 26.3 Å². The van der Waals surface area contributed by atoms with Gasteiger partial charge in [0, 0.05) is 43.0 Å². The second kappa shape index (κ2) is 20.0. The third kappa shape index (κ3) is 24.2. The average Bonchev–Trinajstić information content (AvgIpc) is 2.58. The number of rotatable bonds is 14. The Morgan fingerprint density at radius 3 is 1.03 bits per heavy atom. The Hall–Kier alpha value is 0.0403. The molecule has 0 aromatic heterocycles. The van der Waals surface area contributed by atoms with Crippen molar-refractivity contribution in [2.45, 2.75) is 31.0 Å². The van der Waals surface area contributed by atoms with Crippen LogP contribution >= 0.6 is 0 Å². The summed E-state index contributed by atoms with van der Waals surface area (Å²) >= 11 is 0. The Morgan fingerprint density at radius 1 is 0.586 bits per heavy atom. The molecule has 0 fully saturated rings. The van der Waals surface area contributed by atoms with Crippen molar-refractivity contribution >= 4 is 0 Å².